The number of hydrogen-bond donors (Lipinski definition) is 1. The van der Waals surface area contributed by atoms with Crippen LogP contribution >= 0.6 is 0 Å². The van der Waals surface area contributed by atoms with Gasteiger partial charge < -0.3 is 14.8 Å². The van der Waals surface area contributed by atoms with Crippen LogP contribution in [0.4, 0.5) is 17.1 Å². The number of benzene rings is 3. The fraction of sp³-hybridized carbons (Fsp3) is 0.174. The molecule has 0 radical (unpaired) electrons. The normalized spacial score (nSPS) is 10.4. The Labute approximate surface area is 189 Å². The number of methoxy groups -OCH3 is 1. The van der Waals surface area contributed by atoms with Crippen LogP contribution in [0.3, 0.4) is 0 Å². The molecule has 1 amide bonds. The summed E-state index contributed by atoms with van der Waals surface area (Å²) >= 11 is 0. The maximum Gasteiger partial charge on any atom is 0.293 e. The molecule has 0 saturated carbocycles. The van der Waals surface area contributed by atoms with Gasteiger partial charge in [-0.15, -0.1) is 0 Å². The van der Waals surface area contributed by atoms with Gasteiger partial charge in [0.15, 0.2) is 6.61 Å². The summed E-state index contributed by atoms with van der Waals surface area (Å²) < 4.78 is 10.8. The van der Waals surface area contributed by atoms with Crippen molar-refractivity contribution in [1.29, 1.82) is 0 Å². The molecule has 170 valence electrons. The molecule has 0 atom stereocenters. The monoisotopic (exact) mass is 451 g/mol. The highest BCUT2D eigenvalue weighted by Crippen LogP contribution is 2.35. The third kappa shape index (κ3) is 5.24. The molecule has 0 aliphatic heterocycles. The number of amides is 1. The van der Waals surface area contributed by atoms with Gasteiger partial charge in [-0.1, -0.05) is 18.2 Å². The first kappa shape index (κ1) is 23.2. The quantitative estimate of drug-likeness (QED) is 0.383. The number of hydrogen-bond acceptors (Lipinski definition) is 7. The molecule has 0 aliphatic rings. The zero-order valence-electron chi connectivity index (χ0n) is 18.2. The van der Waals surface area contributed by atoms with E-state index in [1.54, 1.807) is 44.2 Å². The number of nitrogens with one attached hydrogen (secondary N) is 1. The molecule has 0 bridgehead atoms. The number of nitrogens with zero attached hydrogens (tertiary/aromatic N) is 2. The molecule has 0 spiro atoms. The molecule has 3 aromatic carbocycles. The number of carbonyl (C=O) groups is 1. The van der Waals surface area contributed by atoms with Crippen molar-refractivity contribution in [2.24, 2.45) is 0 Å². The lowest BCUT2D eigenvalue weighted by atomic mass is 10.0. The summed E-state index contributed by atoms with van der Waals surface area (Å²) in [5.74, 6) is 0.253. The summed E-state index contributed by atoms with van der Waals surface area (Å²) in [7, 11) is 1.52. The molecule has 0 fully saturated rings. The van der Waals surface area contributed by atoms with E-state index >= 15 is 0 Å². The second-order valence-electron chi connectivity index (χ2n) is 7.16. The predicted octanol–water partition coefficient (Wildman–Crippen LogP) is 4.81. The van der Waals surface area contributed by atoms with E-state index < -0.39 is 22.4 Å². The van der Waals surface area contributed by atoms with E-state index in [2.05, 4.69) is 5.32 Å². The van der Waals surface area contributed by atoms with Crippen molar-refractivity contribution < 1.29 is 24.1 Å². The number of rotatable bonds is 8. The van der Waals surface area contributed by atoms with Gasteiger partial charge in [-0.25, -0.2) is 0 Å². The van der Waals surface area contributed by atoms with Gasteiger partial charge in [-0.3, -0.25) is 25.0 Å². The van der Waals surface area contributed by atoms with Crippen LogP contribution in [0.25, 0.3) is 11.1 Å². The maximum absolute atomic E-state index is 12.5. The van der Waals surface area contributed by atoms with E-state index in [4.69, 9.17) is 9.47 Å². The van der Waals surface area contributed by atoms with E-state index in [1.807, 2.05) is 0 Å². The van der Waals surface area contributed by atoms with Crippen molar-refractivity contribution in [3.63, 3.8) is 0 Å². The summed E-state index contributed by atoms with van der Waals surface area (Å²) in [5, 5.41) is 25.1. The number of carbonyl (C=O) groups excluding carboxylic acids is 1. The van der Waals surface area contributed by atoms with Crippen molar-refractivity contribution in [3.05, 3.63) is 86.0 Å². The molecule has 33 heavy (non-hydrogen) atoms. The minimum atomic E-state index is -0.606. The Hall–Kier alpha value is -4.47. The van der Waals surface area contributed by atoms with E-state index in [9.17, 15) is 25.0 Å². The van der Waals surface area contributed by atoms with Gasteiger partial charge in [0.05, 0.1) is 17.0 Å². The minimum absolute atomic E-state index is 0.104. The van der Waals surface area contributed by atoms with Gasteiger partial charge in [0.2, 0.25) is 0 Å². The van der Waals surface area contributed by atoms with Gasteiger partial charge in [-0.05, 0) is 48.7 Å². The highest BCUT2D eigenvalue weighted by Gasteiger charge is 2.20. The fourth-order valence-electron chi connectivity index (χ4n) is 3.18. The third-order valence-electron chi connectivity index (χ3n) is 5.11. The van der Waals surface area contributed by atoms with Gasteiger partial charge in [0, 0.05) is 23.8 Å². The second kappa shape index (κ2) is 9.77. The summed E-state index contributed by atoms with van der Waals surface area (Å²) in [5.41, 5.74) is 2.15. The molecule has 10 heteroatoms. The van der Waals surface area contributed by atoms with E-state index in [0.29, 0.717) is 22.4 Å². The third-order valence-corrected chi connectivity index (χ3v) is 5.11. The molecule has 10 nitrogen and oxygen atoms in total. The van der Waals surface area contributed by atoms with Crippen molar-refractivity contribution in [1.82, 2.24) is 0 Å². The first-order chi connectivity index (χ1) is 15.7. The number of ether oxygens (including phenoxy) is 2. The number of nitro groups is 2. The largest absolute Gasteiger partial charge is 0.497 e. The van der Waals surface area contributed by atoms with Crippen molar-refractivity contribution in [2.45, 2.75) is 13.8 Å². The molecule has 1 N–H and O–H groups in total. The van der Waals surface area contributed by atoms with Crippen molar-refractivity contribution >= 4 is 23.0 Å². The fourth-order valence-corrected chi connectivity index (χ4v) is 3.18. The molecule has 0 heterocycles. The van der Waals surface area contributed by atoms with E-state index in [1.165, 1.54) is 31.4 Å². The summed E-state index contributed by atoms with van der Waals surface area (Å²) in [6.45, 7) is 3.01. The maximum atomic E-state index is 12.5. The number of non-ortho nitro benzene ring substituents is 1. The Balaban J connectivity index is 1.85. The Morgan fingerprint density at radius 1 is 0.970 bits per heavy atom. The standard InChI is InChI=1S/C23H21N3O7/c1-14-4-10-20(26(30)31)23(15(14)2)24-22(27)13-33-21-11-7-17(25(28)29)12-19(21)16-5-8-18(32-3)9-6-16/h4-12H,13H2,1-3H3,(H,24,27). The molecule has 0 unspecified atom stereocenters. The number of aryl methyl sites for hydroxylation is 1. The minimum Gasteiger partial charge on any atom is -0.497 e. The lowest BCUT2D eigenvalue weighted by Gasteiger charge is -2.14. The number of anilines is 1. The SMILES string of the molecule is COc1ccc(-c2cc([N+](=O)[O-])ccc2OCC(=O)Nc2c([N+](=O)[O-])ccc(C)c2C)cc1. The molecule has 0 aliphatic carbocycles. The average molecular weight is 451 g/mol. The average Bonchev–Trinajstić information content (AvgIpc) is 2.80. The Kier molecular flexibility index (Phi) is 6.87. The van der Waals surface area contributed by atoms with Gasteiger partial charge in [-0.2, -0.15) is 0 Å². The highest BCUT2D eigenvalue weighted by atomic mass is 16.6. The van der Waals surface area contributed by atoms with Gasteiger partial charge >= 0.3 is 0 Å². The van der Waals surface area contributed by atoms with Crippen LogP contribution in [0.5, 0.6) is 11.5 Å². The van der Waals surface area contributed by atoms with Gasteiger partial charge in [0.25, 0.3) is 17.3 Å². The van der Waals surface area contributed by atoms with Crippen LogP contribution < -0.4 is 14.8 Å². The zero-order valence-corrected chi connectivity index (χ0v) is 18.2. The molecular weight excluding hydrogens is 430 g/mol. The summed E-state index contributed by atoms with van der Waals surface area (Å²) in [4.78, 5) is 34.0. The first-order valence-corrected chi connectivity index (χ1v) is 9.81. The Morgan fingerprint density at radius 3 is 2.27 bits per heavy atom. The van der Waals surface area contributed by atoms with Gasteiger partial charge in [0.1, 0.15) is 17.2 Å². The van der Waals surface area contributed by atoms with Crippen LogP contribution in [-0.2, 0) is 4.79 Å². The van der Waals surface area contributed by atoms with Crippen LogP contribution in [0.15, 0.2) is 54.6 Å². The molecule has 3 rings (SSSR count). The molecule has 0 saturated heterocycles. The van der Waals surface area contributed by atoms with Crippen LogP contribution in [0, 0.1) is 34.1 Å². The molecule has 0 aromatic heterocycles. The van der Waals surface area contributed by atoms with E-state index in [0.717, 1.165) is 5.56 Å². The van der Waals surface area contributed by atoms with E-state index in [-0.39, 0.29) is 22.8 Å². The van der Waals surface area contributed by atoms with Crippen LogP contribution in [0.2, 0.25) is 0 Å². The first-order valence-electron chi connectivity index (χ1n) is 9.81. The lowest BCUT2D eigenvalue weighted by molar-refractivity contribution is -0.384. The summed E-state index contributed by atoms with van der Waals surface area (Å²) in [6.07, 6.45) is 0. The van der Waals surface area contributed by atoms with Crippen molar-refractivity contribution in [3.8, 4) is 22.6 Å². The molecule has 3 aromatic rings. The number of nitro benzene ring substituents is 2. The molecular formula is C23H21N3O7. The van der Waals surface area contributed by atoms with Crippen LogP contribution in [-0.4, -0.2) is 29.5 Å². The zero-order chi connectivity index (χ0) is 24.1. The smallest absolute Gasteiger partial charge is 0.293 e. The highest BCUT2D eigenvalue weighted by molar-refractivity contribution is 5.95. The van der Waals surface area contributed by atoms with Crippen molar-refractivity contribution in [2.75, 3.05) is 19.0 Å². The lowest BCUT2D eigenvalue weighted by Crippen LogP contribution is -2.21. The topological polar surface area (TPSA) is 134 Å². The Morgan fingerprint density at radius 2 is 1.67 bits per heavy atom. The Bertz CT molecular complexity index is 1220. The summed E-state index contributed by atoms with van der Waals surface area (Å²) in [6, 6.07) is 13.8. The van der Waals surface area contributed by atoms with Crippen LogP contribution in [0.1, 0.15) is 11.1 Å². The second-order valence-corrected chi connectivity index (χ2v) is 7.16. The predicted molar refractivity (Wildman–Crippen MR) is 122 cm³/mol.